The first kappa shape index (κ1) is 23.4. The van der Waals surface area contributed by atoms with Crippen LogP contribution in [0.3, 0.4) is 0 Å². The minimum atomic E-state index is -0.903. The molecule has 9 nitrogen and oxygen atoms in total. The van der Waals surface area contributed by atoms with Crippen molar-refractivity contribution in [1.29, 1.82) is 0 Å². The molecular formula is C23H28N4O5. The van der Waals surface area contributed by atoms with Crippen LogP contribution in [0, 0.1) is 20.8 Å². The highest BCUT2D eigenvalue weighted by Crippen LogP contribution is 2.31. The Balaban J connectivity index is 1.74. The van der Waals surface area contributed by atoms with Crippen LogP contribution in [0.15, 0.2) is 28.7 Å². The number of aromatic nitrogens is 3. The Labute approximate surface area is 186 Å². The van der Waals surface area contributed by atoms with E-state index in [-0.39, 0.29) is 13.2 Å². The molecule has 3 N–H and O–H groups in total. The molecule has 0 spiro atoms. The van der Waals surface area contributed by atoms with Gasteiger partial charge in [-0.15, -0.1) is 10.2 Å². The normalized spacial score (nSPS) is 11.9. The molecule has 3 aromatic rings. The van der Waals surface area contributed by atoms with Crippen molar-refractivity contribution in [2.75, 3.05) is 19.8 Å². The Hall–Kier alpha value is -3.30. The second-order valence-corrected chi connectivity index (χ2v) is 7.62. The van der Waals surface area contributed by atoms with Crippen LogP contribution in [-0.4, -0.2) is 57.2 Å². The molecule has 1 atom stereocenters. The molecule has 1 aromatic carbocycles. The summed E-state index contributed by atoms with van der Waals surface area (Å²) in [6, 6.07) is 7.63. The third-order valence-electron chi connectivity index (χ3n) is 4.85. The highest BCUT2D eigenvalue weighted by molar-refractivity contribution is 5.76. The smallest absolute Gasteiger partial charge is 0.248 e. The van der Waals surface area contributed by atoms with Gasteiger partial charge in [0, 0.05) is 29.1 Å². The van der Waals surface area contributed by atoms with Gasteiger partial charge in [0.05, 0.1) is 0 Å². The van der Waals surface area contributed by atoms with E-state index in [9.17, 15) is 9.90 Å². The lowest BCUT2D eigenvalue weighted by atomic mass is 10.1. The Morgan fingerprint density at radius 3 is 2.31 bits per heavy atom. The lowest BCUT2D eigenvalue weighted by Crippen LogP contribution is -2.36. The monoisotopic (exact) mass is 440 g/mol. The average Bonchev–Trinajstić information content (AvgIpc) is 3.26. The first-order valence-corrected chi connectivity index (χ1v) is 10.4. The lowest BCUT2D eigenvalue weighted by Gasteiger charge is -2.16. The number of hydrogen-bond acceptors (Lipinski definition) is 8. The minimum absolute atomic E-state index is 0.00139. The average molecular weight is 441 g/mol. The number of ether oxygens (including phenoxy) is 1. The first-order chi connectivity index (χ1) is 15.3. The predicted octanol–water partition coefficient (Wildman–Crippen LogP) is 2.13. The van der Waals surface area contributed by atoms with Crippen molar-refractivity contribution in [1.82, 2.24) is 20.5 Å². The van der Waals surface area contributed by atoms with Gasteiger partial charge in [0.25, 0.3) is 0 Å². The third-order valence-corrected chi connectivity index (χ3v) is 4.85. The van der Waals surface area contributed by atoms with Crippen LogP contribution < -0.4 is 10.1 Å². The van der Waals surface area contributed by atoms with Gasteiger partial charge < -0.3 is 24.7 Å². The molecule has 1 unspecified atom stereocenters. The molecule has 0 saturated carbocycles. The fourth-order valence-electron chi connectivity index (χ4n) is 3.33. The molecule has 3 rings (SSSR count). The molecular weight excluding hydrogens is 412 g/mol. The fraction of sp³-hybridized carbons (Fsp3) is 0.391. The Morgan fingerprint density at radius 1 is 1.09 bits per heavy atom. The summed E-state index contributed by atoms with van der Waals surface area (Å²) in [4.78, 5) is 15.6. The Bertz CT molecular complexity index is 1070. The highest BCUT2D eigenvalue weighted by atomic mass is 16.5. The van der Waals surface area contributed by atoms with E-state index < -0.39 is 18.6 Å². The molecule has 32 heavy (non-hydrogen) atoms. The number of aryl methyl sites for hydroxylation is 4. The van der Waals surface area contributed by atoms with Crippen molar-refractivity contribution in [3.8, 4) is 28.7 Å². The van der Waals surface area contributed by atoms with Crippen molar-refractivity contribution in [2.24, 2.45) is 0 Å². The number of amides is 1. The molecule has 0 saturated heterocycles. The van der Waals surface area contributed by atoms with Gasteiger partial charge >= 0.3 is 0 Å². The maximum absolute atomic E-state index is 11.1. The summed E-state index contributed by atoms with van der Waals surface area (Å²) in [6.07, 6.45) is -0.0859. The number of hydrogen-bond donors (Lipinski definition) is 3. The number of nitrogens with one attached hydrogen (secondary N) is 1. The molecule has 0 aliphatic rings. The van der Waals surface area contributed by atoms with Gasteiger partial charge in [-0.1, -0.05) is 6.92 Å². The summed E-state index contributed by atoms with van der Waals surface area (Å²) in [7, 11) is 0. The number of aliphatic hydroxyl groups excluding tert-OH is 2. The maximum atomic E-state index is 11.1. The molecule has 0 fully saturated rings. The molecule has 9 heteroatoms. The highest BCUT2D eigenvalue weighted by Gasteiger charge is 2.16. The Morgan fingerprint density at radius 2 is 1.72 bits per heavy atom. The van der Waals surface area contributed by atoms with Crippen LogP contribution >= 0.6 is 0 Å². The largest absolute Gasteiger partial charge is 0.490 e. The fourth-order valence-corrected chi connectivity index (χ4v) is 3.33. The molecule has 2 heterocycles. The van der Waals surface area contributed by atoms with E-state index >= 15 is 0 Å². The number of nitrogens with zero attached hydrogens (tertiary/aromatic N) is 3. The van der Waals surface area contributed by atoms with E-state index in [1.54, 1.807) is 0 Å². The topological polar surface area (TPSA) is 131 Å². The van der Waals surface area contributed by atoms with Gasteiger partial charge in [-0.25, -0.2) is 0 Å². The molecule has 0 bridgehead atoms. The van der Waals surface area contributed by atoms with Gasteiger partial charge in [0.2, 0.25) is 17.7 Å². The molecule has 0 aliphatic carbocycles. The van der Waals surface area contributed by atoms with Crippen molar-refractivity contribution in [3.63, 3.8) is 0 Å². The Kier molecular flexibility index (Phi) is 7.55. The summed E-state index contributed by atoms with van der Waals surface area (Å²) < 4.78 is 11.7. The van der Waals surface area contributed by atoms with Gasteiger partial charge in [0.1, 0.15) is 25.1 Å². The van der Waals surface area contributed by atoms with Crippen LogP contribution in [0.5, 0.6) is 5.75 Å². The van der Waals surface area contributed by atoms with Crippen LogP contribution in [0.1, 0.15) is 29.4 Å². The number of aliphatic hydroxyl groups is 2. The zero-order valence-electron chi connectivity index (χ0n) is 18.7. The summed E-state index contributed by atoms with van der Waals surface area (Å²) in [5.74, 6) is 0.923. The first-order valence-electron chi connectivity index (χ1n) is 10.4. The standard InChI is InChI=1S/C23H28N4O5/c1-5-18-9-17(8-15(4)25-18)23-27-26-22(32-23)16-6-13(2)21(14(3)7-16)31-12-19(29)10-24-20(30)11-28/h6-9,19,28-29H,5,10-12H2,1-4H3,(H,24,30). The number of rotatable bonds is 9. The summed E-state index contributed by atoms with van der Waals surface area (Å²) in [6.45, 7) is 7.14. The van der Waals surface area contributed by atoms with Crippen LogP contribution in [-0.2, 0) is 11.2 Å². The molecule has 2 aromatic heterocycles. The van der Waals surface area contributed by atoms with E-state index in [0.717, 1.165) is 40.1 Å². The molecule has 1 amide bonds. The number of carbonyl (C=O) groups excluding carboxylic acids is 1. The minimum Gasteiger partial charge on any atom is -0.490 e. The third kappa shape index (κ3) is 5.68. The summed E-state index contributed by atoms with van der Waals surface area (Å²) in [5, 5.41) is 29.5. The van der Waals surface area contributed by atoms with Crippen LogP contribution in [0.2, 0.25) is 0 Å². The summed E-state index contributed by atoms with van der Waals surface area (Å²) in [5.41, 5.74) is 5.15. The second-order valence-electron chi connectivity index (χ2n) is 7.62. The van der Waals surface area contributed by atoms with Crippen molar-refractivity contribution in [2.45, 2.75) is 40.2 Å². The second kappa shape index (κ2) is 10.3. The lowest BCUT2D eigenvalue weighted by molar-refractivity contribution is -0.124. The zero-order chi connectivity index (χ0) is 23.3. The molecule has 170 valence electrons. The molecule has 0 aliphatic heterocycles. The summed E-state index contributed by atoms with van der Waals surface area (Å²) >= 11 is 0. The van der Waals surface area contributed by atoms with Gasteiger partial charge in [0.15, 0.2) is 0 Å². The van der Waals surface area contributed by atoms with Crippen LogP contribution in [0.25, 0.3) is 22.9 Å². The van der Waals surface area contributed by atoms with Gasteiger partial charge in [-0.05, 0) is 62.6 Å². The quantitative estimate of drug-likeness (QED) is 0.461. The SMILES string of the molecule is CCc1cc(-c2nnc(-c3cc(C)c(OCC(O)CNC(=O)CO)c(C)c3)o2)cc(C)n1. The van der Waals surface area contributed by atoms with E-state index in [4.69, 9.17) is 14.3 Å². The van der Waals surface area contributed by atoms with Crippen LogP contribution in [0.4, 0.5) is 0 Å². The van der Waals surface area contributed by atoms with Crippen molar-refractivity contribution >= 4 is 5.91 Å². The van der Waals surface area contributed by atoms with Crippen molar-refractivity contribution in [3.05, 3.63) is 46.8 Å². The van der Waals surface area contributed by atoms with E-state index in [1.807, 2.05) is 52.0 Å². The maximum Gasteiger partial charge on any atom is 0.248 e. The van der Waals surface area contributed by atoms with Crippen molar-refractivity contribution < 1.29 is 24.2 Å². The molecule has 0 radical (unpaired) electrons. The zero-order valence-corrected chi connectivity index (χ0v) is 18.7. The van der Waals surface area contributed by atoms with E-state index in [0.29, 0.717) is 17.5 Å². The van der Waals surface area contributed by atoms with Gasteiger partial charge in [-0.3, -0.25) is 9.78 Å². The predicted molar refractivity (Wildman–Crippen MR) is 118 cm³/mol. The van der Waals surface area contributed by atoms with Gasteiger partial charge in [-0.2, -0.15) is 0 Å². The number of carbonyl (C=O) groups is 1. The van der Waals surface area contributed by atoms with E-state index in [2.05, 4.69) is 20.5 Å². The number of pyridine rings is 1. The number of benzene rings is 1. The van der Waals surface area contributed by atoms with E-state index in [1.165, 1.54) is 0 Å².